The Balaban J connectivity index is 0.000000711. The fraction of sp³-hybridized carbons (Fsp3) is 0.125. The average molecular weight is 282 g/mol. The van der Waals surface area contributed by atoms with Gasteiger partial charge in [0.2, 0.25) is 0 Å². The second-order valence-electron chi connectivity index (χ2n) is 2.66. The van der Waals surface area contributed by atoms with Crippen LogP contribution >= 0.6 is 0 Å². The molecular formula is C8H9F3N4O4. The largest absolute Gasteiger partial charge is 0.396 e. The number of oxime groups is 1. The Hall–Kier alpha value is -2.72. The van der Waals surface area contributed by atoms with Crippen molar-refractivity contribution in [2.75, 3.05) is 12.2 Å². The van der Waals surface area contributed by atoms with Crippen LogP contribution in [0.3, 0.4) is 0 Å². The van der Waals surface area contributed by atoms with Crippen molar-refractivity contribution in [3.8, 4) is 0 Å². The van der Waals surface area contributed by atoms with Crippen molar-refractivity contribution in [3.63, 3.8) is 0 Å². The first-order valence-corrected chi connectivity index (χ1v) is 4.47. The summed E-state index contributed by atoms with van der Waals surface area (Å²) >= 11 is 0. The smallest absolute Gasteiger partial charge is 0.332 e. The van der Waals surface area contributed by atoms with Crippen molar-refractivity contribution in [3.05, 3.63) is 40.4 Å². The molecule has 0 fully saturated rings. The molecule has 8 nitrogen and oxygen atoms in total. The van der Waals surface area contributed by atoms with Crippen molar-refractivity contribution in [1.82, 2.24) is 5.34 Å². The SMILES string of the molecule is CON=C(N(F)F)N(F)c1ccccc1.O=[N+]([O-])O. The quantitative estimate of drug-likeness (QED) is 0.293. The van der Waals surface area contributed by atoms with Gasteiger partial charge in [-0.3, -0.25) is 0 Å². The zero-order valence-corrected chi connectivity index (χ0v) is 9.48. The zero-order valence-electron chi connectivity index (χ0n) is 9.48. The van der Waals surface area contributed by atoms with E-state index in [0.29, 0.717) is 0 Å². The molecule has 0 amide bonds. The van der Waals surface area contributed by atoms with Gasteiger partial charge in [-0.1, -0.05) is 31.6 Å². The van der Waals surface area contributed by atoms with Crippen LogP contribution in [0, 0.1) is 10.1 Å². The number of benzene rings is 1. The summed E-state index contributed by atoms with van der Waals surface area (Å²) < 4.78 is 37.7. The number of guanidine groups is 1. The molecule has 0 aliphatic heterocycles. The Labute approximate surface area is 104 Å². The standard InChI is InChI=1S/C8H8F3N3O.HNO3/c1-15-12-8(14(10)11)13(9)7-5-3-2-4-6-7;2-1(3)4/h2-6H,1H3;(H,2,3,4). The van der Waals surface area contributed by atoms with Crippen molar-refractivity contribution in [1.29, 1.82) is 0 Å². The third-order valence-corrected chi connectivity index (χ3v) is 1.48. The van der Waals surface area contributed by atoms with Crippen LogP contribution in [0.2, 0.25) is 0 Å². The zero-order chi connectivity index (χ0) is 14.8. The van der Waals surface area contributed by atoms with Gasteiger partial charge >= 0.3 is 5.96 Å². The van der Waals surface area contributed by atoms with E-state index >= 15 is 0 Å². The van der Waals surface area contributed by atoms with Gasteiger partial charge in [0, 0.05) is 5.34 Å². The molecule has 0 heterocycles. The van der Waals surface area contributed by atoms with E-state index in [1.54, 1.807) is 6.07 Å². The van der Waals surface area contributed by atoms with Gasteiger partial charge < -0.3 is 10.0 Å². The van der Waals surface area contributed by atoms with E-state index in [2.05, 4.69) is 9.99 Å². The molecule has 0 radical (unpaired) electrons. The van der Waals surface area contributed by atoms with Crippen LogP contribution in [-0.4, -0.2) is 28.7 Å². The molecule has 106 valence electrons. The van der Waals surface area contributed by atoms with E-state index in [9.17, 15) is 13.4 Å². The molecule has 0 atom stereocenters. The van der Waals surface area contributed by atoms with Gasteiger partial charge in [-0.25, -0.2) is 0 Å². The highest BCUT2D eigenvalue weighted by molar-refractivity contribution is 5.92. The van der Waals surface area contributed by atoms with Crippen LogP contribution in [-0.2, 0) is 4.84 Å². The van der Waals surface area contributed by atoms with Crippen molar-refractivity contribution in [2.24, 2.45) is 5.16 Å². The highest BCUT2D eigenvalue weighted by atomic mass is 19.4. The molecule has 1 aromatic rings. The van der Waals surface area contributed by atoms with Gasteiger partial charge in [0.1, 0.15) is 7.11 Å². The number of hydrogen-bond donors (Lipinski definition) is 1. The van der Waals surface area contributed by atoms with Crippen LogP contribution < -0.4 is 5.12 Å². The van der Waals surface area contributed by atoms with Crippen LogP contribution in [0.25, 0.3) is 0 Å². The molecule has 0 unspecified atom stereocenters. The molecule has 1 N–H and O–H groups in total. The maximum atomic E-state index is 13.3. The third kappa shape index (κ3) is 6.55. The fourth-order valence-electron chi connectivity index (χ4n) is 0.889. The van der Waals surface area contributed by atoms with E-state index in [1.165, 1.54) is 24.3 Å². The Bertz CT molecular complexity index is 414. The van der Waals surface area contributed by atoms with Crippen molar-refractivity contribution >= 4 is 11.6 Å². The van der Waals surface area contributed by atoms with E-state index < -0.39 is 16.4 Å². The number of nitrogens with zero attached hydrogens (tertiary/aromatic N) is 4. The highest BCUT2D eigenvalue weighted by Gasteiger charge is 2.21. The third-order valence-electron chi connectivity index (χ3n) is 1.48. The van der Waals surface area contributed by atoms with E-state index in [-0.39, 0.29) is 10.8 Å². The molecule has 1 aromatic carbocycles. The molecule has 0 bridgehead atoms. The first-order chi connectivity index (χ1) is 8.90. The summed E-state index contributed by atoms with van der Waals surface area (Å²) in [6.07, 6.45) is 0. The van der Waals surface area contributed by atoms with E-state index in [0.717, 1.165) is 7.11 Å². The van der Waals surface area contributed by atoms with Gasteiger partial charge in [0.15, 0.2) is 0 Å². The lowest BCUT2D eigenvalue weighted by Crippen LogP contribution is -2.31. The number of hydrogen-bond acceptors (Lipinski definition) is 4. The Kier molecular flexibility index (Phi) is 7.18. The topological polar surface area (TPSA) is 91.4 Å². The Morgan fingerprint density at radius 2 is 1.84 bits per heavy atom. The lowest BCUT2D eigenvalue weighted by atomic mass is 10.3. The molecule has 0 saturated carbocycles. The number of rotatable bonds is 2. The molecule has 0 saturated heterocycles. The molecule has 0 aliphatic carbocycles. The lowest BCUT2D eigenvalue weighted by molar-refractivity contribution is -0.742. The summed E-state index contributed by atoms with van der Waals surface area (Å²) in [5.74, 6) is -1.25. The second-order valence-corrected chi connectivity index (χ2v) is 2.66. The van der Waals surface area contributed by atoms with Crippen LogP contribution in [0.4, 0.5) is 19.1 Å². The van der Waals surface area contributed by atoms with Gasteiger partial charge in [-0.15, -0.1) is 15.2 Å². The molecule has 1 rings (SSSR count). The average Bonchev–Trinajstić information content (AvgIpc) is 2.35. The summed E-state index contributed by atoms with van der Waals surface area (Å²) in [7, 11) is 1.04. The minimum atomic E-state index is -1.50. The highest BCUT2D eigenvalue weighted by Crippen LogP contribution is 2.16. The van der Waals surface area contributed by atoms with Crippen LogP contribution in [0.5, 0.6) is 0 Å². The first-order valence-electron chi connectivity index (χ1n) is 4.47. The van der Waals surface area contributed by atoms with Crippen LogP contribution in [0.1, 0.15) is 0 Å². The summed E-state index contributed by atoms with van der Waals surface area (Å²) in [6, 6.07) is 7.27. The second kappa shape index (κ2) is 8.38. The monoisotopic (exact) mass is 282 g/mol. The maximum Gasteiger partial charge on any atom is 0.332 e. The number of anilines is 1. The number of halogens is 3. The Morgan fingerprint density at radius 1 is 1.37 bits per heavy atom. The minimum absolute atomic E-state index is 0.0754. The molecule has 0 aliphatic rings. The Morgan fingerprint density at radius 3 is 2.21 bits per heavy atom. The molecular weight excluding hydrogens is 273 g/mol. The molecule has 0 spiro atoms. The summed E-state index contributed by atoms with van der Waals surface area (Å²) in [4.78, 5) is 12.5. The fourth-order valence-corrected chi connectivity index (χ4v) is 0.889. The molecule has 0 aromatic heterocycles. The predicted octanol–water partition coefficient (Wildman–Crippen LogP) is 2.02. The van der Waals surface area contributed by atoms with Gasteiger partial charge in [0.25, 0.3) is 5.09 Å². The maximum absolute atomic E-state index is 13.3. The normalized spacial score (nSPS) is 10.0. The lowest BCUT2D eigenvalue weighted by Gasteiger charge is -2.14. The van der Waals surface area contributed by atoms with Crippen molar-refractivity contribution < 1.29 is 28.6 Å². The van der Waals surface area contributed by atoms with Gasteiger partial charge in [-0.05, 0) is 17.3 Å². The summed E-state index contributed by atoms with van der Waals surface area (Å²) in [6.45, 7) is 0. The van der Waals surface area contributed by atoms with Crippen LogP contribution in [0.15, 0.2) is 35.5 Å². The van der Waals surface area contributed by atoms with Gasteiger partial charge in [0.05, 0.1) is 5.69 Å². The molecule has 19 heavy (non-hydrogen) atoms. The van der Waals surface area contributed by atoms with E-state index in [4.69, 9.17) is 15.3 Å². The molecule has 11 heteroatoms. The van der Waals surface area contributed by atoms with E-state index in [1.807, 2.05) is 0 Å². The van der Waals surface area contributed by atoms with Crippen molar-refractivity contribution in [2.45, 2.75) is 0 Å². The predicted molar refractivity (Wildman–Crippen MR) is 57.3 cm³/mol. The first kappa shape index (κ1) is 16.3. The van der Waals surface area contributed by atoms with Gasteiger partial charge in [-0.2, -0.15) is 0 Å². The summed E-state index contributed by atoms with van der Waals surface area (Å²) in [5, 5.41) is 14.7. The number of para-hydroxylation sites is 1. The summed E-state index contributed by atoms with van der Waals surface area (Å²) in [5.41, 5.74) is -0.0754. The minimum Gasteiger partial charge on any atom is -0.396 e.